The highest BCUT2D eigenvalue weighted by Crippen LogP contribution is 2.26. The lowest BCUT2D eigenvalue weighted by Crippen LogP contribution is -2.22. The Labute approximate surface area is 105 Å². The van der Waals surface area contributed by atoms with Gasteiger partial charge in [0.15, 0.2) is 0 Å². The third-order valence-corrected chi connectivity index (χ3v) is 3.39. The number of aryl methyl sites for hydroxylation is 2. The highest BCUT2D eigenvalue weighted by atomic mass is 35.5. The van der Waals surface area contributed by atoms with Gasteiger partial charge in [-0.1, -0.05) is 11.6 Å². The van der Waals surface area contributed by atoms with Crippen molar-refractivity contribution in [3.05, 3.63) is 40.1 Å². The molecule has 92 valence electrons. The van der Waals surface area contributed by atoms with Crippen LogP contribution in [0, 0.1) is 20.8 Å². The number of halogens is 1. The number of furan rings is 1. The quantitative estimate of drug-likeness (QED) is 0.915. The average molecular weight is 254 g/mol. The summed E-state index contributed by atoms with van der Waals surface area (Å²) in [5.74, 6) is 1.68. The number of aromatic nitrogens is 2. The topological polar surface area (TPSA) is 57.0 Å². The van der Waals surface area contributed by atoms with E-state index in [0.29, 0.717) is 11.6 Å². The van der Waals surface area contributed by atoms with Gasteiger partial charge >= 0.3 is 0 Å². The average Bonchev–Trinajstić information content (AvgIpc) is 2.82. The maximum Gasteiger partial charge on any atom is 0.130 e. The Bertz CT molecular complexity index is 530. The van der Waals surface area contributed by atoms with Gasteiger partial charge in [0.2, 0.25) is 0 Å². The van der Waals surface area contributed by atoms with Gasteiger partial charge in [-0.25, -0.2) is 0 Å². The summed E-state index contributed by atoms with van der Waals surface area (Å²) in [4.78, 5) is 0. The fourth-order valence-electron chi connectivity index (χ4n) is 1.92. The van der Waals surface area contributed by atoms with Crippen molar-refractivity contribution in [3.63, 3.8) is 0 Å². The third-order valence-electron chi connectivity index (χ3n) is 2.84. The lowest BCUT2D eigenvalue weighted by atomic mass is 10.2. The molecule has 0 aliphatic heterocycles. The van der Waals surface area contributed by atoms with E-state index >= 15 is 0 Å². The first-order valence-electron chi connectivity index (χ1n) is 5.52. The molecular weight excluding hydrogens is 238 g/mol. The first kappa shape index (κ1) is 12.2. The van der Waals surface area contributed by atoms with Crippen LogP contribution in [-0.4, -0.2) is 16.3 Å². The zero-order valence-electron chi connectivity index (χ0n) is 10.2. The van der Waals surface area contributed by atoms with E-state index < -0.39 is 0 Å². The minimum atomic E-state index is -0.102. The van der Waals surface area contributed by atoms with Crippen LogP contribution >= 0.6 is 11.6 Å². The molecule has 1 atom stereocenters. The molecule has 5 heteroatoms. The lowest BCUT2D eigenvalue weighted by molar-refractivity contribution is 0.393. The standard InChI is InChI=1S/C12H16ClN3O/c1-7-4-5-11(17-7)10(6-14)16-9(3)12(13)8(2)15-16/h4-5,10H,6,14H2,1-3H3. The van der Waals surface area contributed by atoms with Gasteiger partial charge in [0.25, 0.3) is 0 Å². The molecule has 2 rings (SSSR count). The van der Waals surface area contributed by atoms with E-state index in [1.54, 1.807) is 0 Å². The van der Waals surface area contributed by atoms with Gasteiger partial charge in [0, 0.05) is 6.54 Å². The maximum atomic E-state index is 6.14. The van der Waals surface area contributed by atoms with Crippen LogP contribution in [0.3, 0.4) is 0 Å². The Morgan fingerprint density at radius 1 is 1.41 bits per heavy atom. The van der Waals surface area contributed by atoms with Gasteiger partial charge in [-0.2, -0.15) is 5.10 Å². The van der Waals surface area contributed by atoms with Crippen LogP contribution in [0.1, 0.15) is 29.0 Å². The summed E-state index contributed by atoms with van der Waals surface area (Å²) in [6.07, 6.45) is 0. The molecular formula is C12H16ClN3O. The molecule has 2 aromatic rings. The SMILES string of the molecule is Cc1ccc(C(CN)n2nc(C)c(Cl)c2C)o1. The van der Waals surface area contributed by atoms with Gasteiger partial charge in [-0.15, -0.1) is 0 Å². The predicted octanol–water partition coefficient (Wildman–Crippen LogP) is 2.60. The number of rotatable bonds is 3. The Kier molecular flexibility index (Phi) is 3.26. The summed E-state index contributed by atoms with van der Waals surface area (Å²) in [5.41, 5.74) is 7.53. The number of nitrogens with two attached hydrogens (primary N) is 1. The van der Waals surface area contributed by atoms with Crippen molar-refractivity contribution in [3.8, 4) is 0 Å². The van der Waals surface area contributed by atoms with E-state index in [9.17, 15) is 0 Å². The minimum Gasteiger partial charge on any atom is -0.464 e. The molecule has 0 aliphatic rings. The fraction of sp³-hybridized carbons (Fsp3) is 0.417. The second-order valence-electron chi connectivity index (χ2n) is 4.13. The molecule has 0 fully saturated rings. The molecule has 2 aromatic heterocycles. The van der Waals surface area contributed by atoms with Crippen molar-refractivity contribution < 1.29 is 4.42 Å². The van der Waals surface area contributed by atoms with Gasteiger partial charge in [-0.05, 0) is 32.9 Å². The third kappa shape index (κ3) is 2.10. The molecule has 2 heterocycles. The summed E-state index contributed by atoms with van der Waals surface area (Å²) in [6.45, 7) is 6.14. The highest BCUT2D eigenvalue weighted by Gasteiger charge is 2.20. The Morgan fingerprint density at radius 2 is 2.12 bits per heavy atom. The minimum absolute atomic E-state index is 0.102. The second-order valence-corrected chi connectivity index (χ2v) is 4.51. The van der Waals surface area contributed by atoms with E-state index in [1.807, 2.05) is 37.6 Å². The van der Waals surface area contributed by atoms with Crippen LogP contribution in [-0.2, 0) is 0 Å². The fourth-order valence-corrected chi connectivity index (χ4v) is 2.04. The van der Waals surface area contributed by atoms with Crippen LogP contribution in [0.15, 0.2) is 16.5 Å². The van der Waals surface area contributed by atoms with Crippen molar-refractivity contribution in [2.75, 3.05) is 6.54 Å². The first-order chi connectivity index (χ1) is 8.04. The van der Waals surface area contributed by atoms with Gasteiger partial charge < -0.3 is 10.2 Å². The van der Waals surface area contributed by atoms with E-state index in [4.69, 9.17) is 21.8 Å². The van der Waals surface area contributed by atoms with Crippen molar-refractivity contribution in [2.45, 2.75) is 26.8 Å². The molecule has 0 spiro atoms. The molecule has 4 nitrogen and oxygen atoms in total. The monoisotopic (exact) mass is 253 g/mol. The summed E-state index contributed by atoms with van der Waals surface area (Å²) >= 11 is 6.14. The Balaban J connectivity index is 2.45. The normalized spacial score (nSPS) is 13.0. The van der Waals surface area contributed by atoms with E-state index in [0.717, 1.165) is 22.9 Å². The smallest absolute Gasteiger partial charge is 0.130 e. The lowest BCUT2D eigenvalue weighted by Gasteiger charge is -2.14. The zero-order chi connectivity index (χ0) is 12.6. The summed E-state index contributed by atoms with van der Waals surface area (Å²) in [6, 6.07) is 3.75. The molecule has 1 unspecified atom stereocenters. The molecule has 17 heavy (non-hydrogen) atoms. The summed E-state index contributed by atoms with van der Waals surface area (Å²) < 4.78 is 7.44. The van der Waals surface area contributed by atoms with Gasteiger partial charge in [-0.3, -0.25) is 4.68 Å². The van der Waals surface area contributed by atoms with E-state index in [-0.39, 0.29) is 6.04 Å². The summed E-state index contributed by atoms with van der Waals surface area (Å²) in [5, 5.41) is 5.10. The summed E-state index contributed by atoms with van der Waals surface area (Å²) in [7, 11) is 0. The van der Waals surface area contributed by atoms with Crippen LogP contribution < -0.4 is 5.73 Å². The van der Waals surface area contributed by atoms with Crippen LogP contribution in [0.2, 0.25) is 5.02 Å². The Morgan fingerprint density at radius 3 is 2.53 bits per heavy atom. The molecule has 0 radical (unpaired) electrons. The second kappa shape index (κ2) is 4.55. The number of nitrogens with zero attached hydrogens (tertiary/aromatic N) is 2. The van der Waals surface area contributed by atoms with Crippen molar-refractivity contribution >= 4 is 11.6 Å². The van der Waals surface area contributed by atoms with E-state index in [1.165, 1.54) is 0 Å². The van der Waals surface area contributed by atoms with Gasteiger partial charge in [0.05, 0.1) is 16.4 Å². The molecule has 0 aliphatic carbocycles. The van der Waals surface area contributed by atoms with Crippen LogP contribution in [0.25, 0.3) is 0 Å². The van der Waals surface area contributed by atoms with E-state index in [2.05, 4.69) is 5.10 Å². The van der Waals surface area contributed by atoms with Crippen molar-refractivity contribution in [2.24, 2.45) is 5.73 Å². The number of hydrogen-bond donors (Lipinski definition) is 1. The highest BCUT2D eigenvalue weighted by molar-refractivity contribution is 6.31. The van der Waals surface area contributed by atoms with Gasteiger partial charge in [0.1, 0.15) is 17.6 Å². The van der Waals surface area contributed by atoms with Crippen LogP contribution in [0.4, 0.5) is 0 Å². The molecule has 0 bridgehead atoms. The first-order valence-corrected chi connectivity index (χ1v) is 5.90. The molecule has 2 N–H and O–H groups in total. The molecule has 0 saturated heterocycles. The molecule has 0 aromatic carbocycles. The van der Waals surface area contributed by atoms with Crippen molar-refractivity contribution in [1.29, 1.82) is 0 Å². The predicted molar refractivity (Wildman–Crippen MR) is 67.3 cm³/mol. The number of hydrogen-bond acceptors (Lipinski definition) is 3. The maximum absolute atomic E-state index is 6.14. The Hall–Kier alpha value is -1.26. The largest absolute Gasteiger partial charge is 0.464 e. The molecule has 0 amide bonds. The zero-order valence-corrected chi connectivity index (χ0v) is 11.0. The van der Waals surface area contributed by atoms with Crippen molar-refractivity contribution in [1.82, 2.24) is 9.78 Å². The molecule has 0 saturated carbocycles. The van der Waals surface area contributed by atoms with Crippen LogP contribution in [0.5, 0.6) is 0 Å².